The zero-order valence-corrected chi connectivity index (χ0v) is 10.4. The highest BCUT2D eigenvalue weighted by Gasteiger charge is 2.09. The van der Waals surface area contributed by atoms with E-state index in [4.69, 9.17) is 0 Å². The second-order valence-electron chi connectivity index (χ2n) is 3.30. The number of aliphatic imine (C=N–C) groups is 2. The van der Waals surface area contributed by atoms with Gasteiger partial charge in [-0.1, -0.05) is 30.3 Å². The van der Waals surface area contributed by atoms with Gasteiger partial charge >= 0.3 is 0 Å². The van der Waals surface area contributed by atoms with Gasteiger partial charge in [-0.15, -0.1) is 0 Å². The van der Waals surface area contributed by atoms with Gasteiger partial charge in [-0.05, 0) is 36.4 Å². The molecule has 4 heteroatoms. The van der Waals surface area contributed by atoms with Gasteiger partial charge in [-0.3, -0.25) is 0 Å². The van der Waals surface area contributed by atoms with Crippen LogP contribution in [0, 0.1) is 0 Å². The van der Waals surface area contributed by atoms with Crippen LogP contribution in [0.25, 0.3) is 0 Å². The van der Waals surface area contributed by atoms with Crippen molar-refractivity contribution in [2.24, 2.45) is 9.98 Å². The Kier molecular flexibility index (Phi) is 6.47. The third kappa shape index (κ3) is 4.56. The van der Waals surface area contributed by atoms with Gasteiger partial charge in [0.15, 0.2) is 0 Å². The van der Waals surface area contributed by atoms with Gasteiger partial charge in [0.25, 0.3) is 0 Å². The summed E-state index contributed by atoms with van der Waals surface area (Å²) in [5, 5.41) is 4.77. The Morgan fingerprint density at radius 2 is 1.75 bits per heavy atom. The zero-order valence-electron chi connectivity index (χ0n) is 8.80. The molecule has 0 amide bonds. The molecule has 1 rings (SSSR count). The third-order valence-electron chi connectivity index (χ3n) is 2.30. The van der Waals surface area contributed by atoms with E-state index in [1.807, 2.05) is 18.2 Å². The van der Waals surface area contributed by atoms with Crippen molar-refractivity contribution in [1.82, 2.24) is 0 Å². The maximum atomic E-state index is 4.59. The van der Waals surface area contributed by atoms with Crippen molar-refractivity contribution < 1.29 is 0 Å². The molecule has 1 aromatic rings. The number of benzene rings is 1. The van der Waals surface area contributed by atoms with Gasteiger partial charge in [0.2, 0.25) is 0 Å². The molecule has 0 aliphatic heterocycles. The summed E-state index contributed by atoms with van der Waals surface area (Å²) in [6.45, 7) is 1.33. The minimum absolute atomic E-state index is 0.323. The van der Waals surface area contributed by atoms with Crippen LogP contribution in [0.1, 0.15) is 17.9 Å². The van der Waals surface area contributed by atoms with Crippen molar-refractivity contribution in [2.45, 2.75) is 12.3 Å². The van der Waals surface area contributed by atoms with Crippen LogP contribution >= 0.6 is 24.4 Å². The first-order valence-corrected chi connectivity index (χ1v) is 5.82. The summed E-state index contributed by atoms with van der Waals surface area (Å²) in [4.78, 5) is 7.93. The standard InChI is InChI=1S/C12H12N2S2/c15-9-13-7-6-12(8-14-10-16)11-4-2-1-3-5-11/h1-5,12H,6-8H2. The summed E-state index contributed by atoms with van der Waals surface area (Å²) in [6.07, 6.45) is 0.897. The molecule has 0 saturated carbocycles. The fourth-order valence-electron chi connectivity index (χ4n) is 1.50. The van der Waals surface area contributed by atoms with E-state index >= 15 is 0 Å². The fourth-order valence-corrected chi connectivity index (χ4v) is 1.67. The minimum atomic E-state index is 0.323. The molecular formula is C12H12N2S2. The normalized spacial score (nSPS) is 11.0. The Morgan fingerprint density at radius 3 is 2.38 bits per heavy atom. The van der Waals surface area contributed by atoms with E-state index in [1.54, 1.807) is 0 Å². The number of isothiocyanates is 2. The molecule has 0 heterocycles. The van der Waals surface area contributed by atoms with E-state index in [-0.39, 0.29) is 0 Å². The van der Waals surface area contributed by atoms with Crippen LogP contribution in [0.5, 0.6) is 0 Å². The van der Waals surface area contributed by atoms with Crippen molar-refractivity contribution >= 4 is 34.8 Å². The third-order valence-corrected chi connectivity index (χ3v) is 2.56. The van der Waals surface area contributed by atoms with Crippen molar-refractivity contribution in [2.75, 3.05) is 13.1 Å². The Bertz CT molecular complexity index is 404. The van der Waals surface area contributed by atoms with Gasteiger partial charge in [0.05, 0.1) is 16.9 Å². The van der Waals surface area contributed by atoms with E-state index in [0.717, 1.165) is 6.42 Å². The predicted octanol–water partition coefficient (Wildman–Crippen LogP) is 3.37. The van der Waals surface area contributed by atoms with Crippen LogP contribution in [0.2, 0.25) is 0 Å². The van der Waals surface area contributed by atoms with Crippen LogP contribution in [-0.2, 0) is 0 Å². The Labute approximate surface area is 106 Å². The number of nitrogens with zero attached hydrogens (tertiary/aromatic N) is 2. The summed E-state index contributed by atoms with van der Waals surface area (Å²) in [6, 6.07) is 10.2. The van der Waals surface area contributed by atoms with Crippen molar-refractivity contribution in [1.29, 1.82) is 0 Å². The quantitative estimate of drug-likeness (QED) is 0.569. The summed E-state index contributed by atoms with van der Waals surface area (Å²) in [7, 11) is 0. The molecule has 0 aliphatic rings. The van der Waals surface area contributed by atoms with Crippen LogP contribution in [0.4, 0.5) is 0 Å². The van der Waals surface area contributed by atoms with Crippen molar-refractivity contribution in [3.63, 3.8) is 0 Å². The molecule has 2 nitrogen and oxygen atoms in total. The molecule has 0 bridgehead atoms. The van der Waals surface area contributed by atoms with Crippen molar-refractivity contribution in [3.8, 4) is 0 Å². The van der Waals surface area contributed by atoms with Crippen LogP contribution in [0.3, 0.4) is 0 Å². The highest BCUT2D eigenvalue weighted by molar-refractivity contribution is 7.78. The first kappa shape index (κ1) is 12.9. The smallest absolute Gasteiger partial charge is 0.0585 e. The summed E-state index contributed by atoms with van der Waals surface area (Å²) >= 11 is 9.13. The lowest BCUT2D eigenvalue weighted by Gasteiger charge is -2.12. The van der Waals surface area contributed by atoms with E-state index < -0.39 is 0 Å². The van der Waals surface area contributed by atoms with E-state index in [1.165, 1.54) is 5.56 Å². The summed E-state index contributed by atoms with van der Waals surface area (Å²) < 4.78 is 0. The van der Waals surface area contributed by atoms with Gasteiger partial charge in [0, 0.05) is 12.5 Å². The predicted molar refractivity (Wildman–Crippen MR) is 73.6 cm³/mol. The Balaban J connectivity index is 2.70. The Hall–Kier alpha value is -1.18. The van der Waals surface area contributed by atoms with E-state index in [0.29, 0.717) is 19.0 Å². The average Bonchev–Trinajstić information content (AvgIpc) is 2.35. The monoisotopic (exact) mass is 248 g/mol. The molecule has 0 radical (unpaired) electrons. The molecule has 0 aromatic heterocycles. The lowest BCUT2D eigenvalue weighted by Crippen LogP contribution is -2.04. The highest BCUT2D eigenvalue weighted by atomic mass is 32.1. The van der Waals surface area contributed by atoms with Crippen molar-refractivity contribution in [3.05, 3.63) is 35.9 Å². The molecule has 0 aliphatic carbocycles. The maximum Gasteiger partial charge on any atom is 0.0585 e. The second-order valence-corrected chi connectivity index (χ2v) is 3.67. The topological polar surface area (TPSA) is 24.7 Å². The first-order valence-electron chi connectivity index (χ1n) is 5.00. The molecule has 1 aromatic carbocycles. The van der Waals surface area contributed by atoms with Gasteiger partial charge < -0.3 is 0 Å². The minimum Gasteiger partial charge on any atom is -0.233 e. The number of rotatable bonds is 6. The van der Waals surface area contributed by atoms with Gasteiger partial charge in [-0.2, -0.15) is 0 Å². The molecule has 82 valence electrons. The maximum absolute atomic E-state index is 4.59. The van der Waals surface area contributed by atoms with E-state index in [9.17, 15) is 0 Å². The first-order chi connectivity index (χ1) is 7.88. The van der Waals surface area contributed by atoms with Gasteiger partial charge in [-0.25, -0.2) is 9.98 Å². The van der Waals surface area contributed by atoms with E-state index in [2.05, 4.69) is 56.9 Å². The fraction of sp³-hybridized carbons (Fsp3) is 0.333. The Morgan fingerprint density at radius 1 is 1.06 bits per heavy atom. The van der Waals surface area contributed by atoms with Gasteiger partial charge in [0.1, 0.15) is 0 Å². The molecule has 0 fully saturated rings. The molecule has 1 atom stereocenters. The second kappa shape index (κ2) is 8.03. The molecular weight excluding hydrogens is 236 g/mol. The highest BCUT2D eigenvalue weighted by Crippen LogP contribution is 2.19. The SMILES string of the molecule is S=C=NCCC(CN=C=S)c1ccccc1. The van der Waals surface area contributed by atoms with Crippen LogP contribution in [-0.4, -0.2) is 23.4 Å². The number of hydrogen-bond acceptors (Lipinski definition) is 4. The van der Waals surface area contributed by atoms with Crippen LogP contribution < -0.4 is 0 Å². The molecule has 0 spiro atoms. The van der Waals surface area contributed by atoms with Crippen LogP contribution in [0.15, 0.2) is 40.3 Å². The zero-order chi connectivity index (χ0) is 11.6. The largest absolute Gasteiger partial charge is 0.233 e. The average molecular weight is 248 g/mol. The molecule has 16 heavy (non-hydrogen) atoms. The number of hydrogen-bond donors (Lipinski definition) is 0. The molecule has 0 saturated heterocycles. The number of thiocarbonyl (C=S) groups is 2. The summed E-state index contributed by atoms with van der Waals surface area (Å²) in [5.41, 5.74) is 1.25. The molecule has 1 unspecified atom stereocenters. The lowest BCUT2D eigenvalue weighted by atomic mass is 9.96. The summed E-state index contributed by atoms with van der Waals surface area (Å²) in [5.74, 6) is 0.323. The molecule has 0 N–H and O–H groups in total. The lowest BCUT2D eigenvalue weighted by molar-refractivity contribution is 0.647.